The van der Waals surface area contributed by atoms with Crippen molar-refractivity contribution in [3.8, 4) is 0 Å². The number of pyridine rings is 1. The largest absolute Gasteiger partial charge is 0.324 e. The lowest BCUT2D eigenvalue weighted by Crippen LogP contribution is -2.33. The van der Waals surface area contributed by atoms with Gasteiger partial charge in [-0.2, -0.15) is 15.0 Å². The molecule has 0 saturated carbocycles. The highest BCUT2D eigenvalue weighted by Gasteiger charge is 2.11. The van der Waals surface area contributed by atoms with Gasteiger partial charge in [0.15, 0.2) is 0 Å². The van der Waals surface area contributed by atoms with Gasteiger partial charge in [-0.1, -0.05) is 48.5 Å². The van der Waals surface area contributed by atoms with Gasteiger partial charge in [-0.15, -0.1) is 0 Å². The zero-order chi connectivity index (χ0) is 24.5. The summed E-state index contributed by atoms with van der Waals surface area (Å²) in [6.45, 7) is 1.95. The third kappa shape index (κ3) is 6.71. The van der Waals surface area contributed by atoms with Crippen LogP contribution in [0.5, 0.6) is 0 Å². The molecule has 0 atom stereocenters. The minimum Gasteiger partial charge on any atom is -0.324 e. The Hall–Kier alpha value is -5.06. The lowest BCUT2D eigenvalue weighted by molar-refractivity contribution is -0.119. The highest BCUT2D eigenvalue weighted by molar-refractivity contribution is 5.94. The second-order valence-corrected chi connectivity index (χ2v) is 7.40. The molecule has 0 fully saturated rings. The van der Waals surface area contributed by atoms with Crippen molar-refractivity contribution in [1.29, 1.82) is 0 Å². The molecule has 0 spiro atoms. The lowest BCUT2D eigenvalue weighted by atomic mass is 10.1. The Morgan fingerprint density at radius 1 is 0.743 bits per heavy atom. The maximum atomic E-state index is 12.4. The van der Waals surface area contributed by atoms with E-state index in [4.69, 9.17) is 0 Å². The normalized spacial score (nSPS) is 10.2. The Labute approximate surface area is 201 Å². The maximum absolute atomic E-state index is 12.4. The number of nitrogens with one attached hydrogen (secondary N) is 5. The van der Waals surface area contributed by atoms with E-state index in [9.17, 15) is 9.59 Å². The smallest absolute Gasteiger partial charge is 0.269 e. The summed E-state index contributed by atoms with van der Waals surface area (Å²) in [4.78, 5) is 41.4. The summed E-state index contributed by atoms with van der Waals surface area (Å²) in [6, 6.07) is 20.1. The van der Waals surface area contributed by atoms with Crippen LogP contribution in [0.2, 0.25) is 0 Å². The molecule has 0 bridgehead atoms. The lowest BCUT2D eigenvalue weighted by Gasteiger charge is -2.13. The fourth-order valence-corrected chi connectivity index (χ4v) is 3.02. The molecule has 2 heterocycles. The quantitative estimate of drug-likeness (QED) is 0.234. The molecule has 2 aromatic carbocycles. The van der Waals surface area contributed by atoms with Crippen molar-refractivity contribution in [3.63, 3.8) is 0 Å². The Bertz CT molecular complexity index is 1300. The number of hydrogen-bond acceptors (Lipinski definition) is 9. The molecule has 2 aromatic heterocycles. The highest BCUT2D eigenvalue weighted by Crippen LogP contribution is 2.19. The van der Waals surface area contributed by atoms with Gasteiger partial charge in [0.25, 0.3) is 5.91 Å². The van der Waals surface area contributed by atoms with Gasteiger partial charge in [-0.3, -0.25) is 36.3 Å². The first-order valence-electron chi connectivity index (χ1n) is 10.7. The second kappa shape index (κ2) is 11.2. The molecule has 35 heavy (non-hydrogen) atoms. The number of aromatic nitrogens is 4. The third-order valence-corrected chi connectivity index (χ3v) is 4.78. The molecule has 11 heteroatoms. The number of para-hydroxylation sites is 1. The molecule has 11 nitrogen and oxygen atoms in total. The number of carbonyl (C=O) groups is 2. The van der Waals surface area contributed by atoms with E-state index in [2.05, 4.69) is 47.0 Å². The molecule has 0 aliphatic rings. The average Bonchev–Trinajstić information content (AvgIpc) is 2.88. The van der Waals surface area contributed by atoms with Crippen molar-refractivity contribution in [2.24, 2.45) is 0 Å². The zero-order valence-corrected chi connectivity index (χ0v) is 18.8. The van der Waals surface area contributed by atoms with Gasteiger partial charge in [0.1, 0.15) is 0 Å². The predicted molar refractivity (Wildman–Crippen MR) is 132 cm³/mol. The van der Waals surface area contributed by atoms with Crippen LogP contribution in [-0.4, -0.2) is 31.8 Å². The van der Waals surface area contributed by atoms with Gasteiger partial charge < -0.3 is 5.32 Å². The molecule has 0 saturated heterocycles. The van der Waals surface area contributed by atoms with Gasteiger partial charge >= 0.3 is 0 Å². The average molecular weight is 470 g/mol. The number of aryl methyl sites for hydroxylation is 1. The SMILES string of the molecule is Cc1ccccc1Nc1nc(NNC(=O)Cc2ccccc2)nc(NNC(=O)c2ccncc2)n1. The fraction of sp³-hybridized carbons (Fsp3) is 0.0833. The van der Waals surface area contributed by atoms with E-state index in [1.54, 1.807) is 12.1 Å². The van der Waals surface area contributed by atoms with Crippen LogP contribution in [0.4, 0.5) is 23.5 Å². The molecule has 0 radical (unpaired) electrons. The van der Waals surface area contributed by atoms with Crippen molar-refractivity contribution in [3.05, 3.63) is 95.8 Å². The number of benzene rings is 2. The first kappa shape index (κ1) is 23.1. The Balaban J connectivity index is 1.48. The van der Waals surface area contributed by atoms with Gasteiger partial charge in [-0.25, -0.2) is 0 Å². The first-order chi connectivity index (χ1) is 17.1. The number of hydrogen-bond donors (Lipinski definition) is 5. The summed E-state index contributed by atoms with van der Waals surface area (Å²) in [5, 5.41) is 3.12. The Morgan fingerprint density at radius 3 is 2.09 bits per heavy atom. The number of anilines is 4. The predicted octanol–water partition coefficient (Wildman–Crippen LogP) is 2.76. The van der Waals surface area contributed by atoms with Crippen LogP contribution in [0, 0.1) is 6.92 Å². The van der Waals surface area contributed by atoms with E-state index in [1.807, 2.05) is 61.5 Å². The topological polar surface area (TPSA) is 146 Å². The van der Waals surface area contributed by atoms with Crippen LogP contribution >= 0.6 is 0 Å². The van der Waals surface area contributed by atoms with Crippen molar-refractivity contribution in [2.45, 2.75) is 13.3 Å². The van der Waals surface area contributed by atoms with Gasteiger partial charge in [-0.05, 0) is 36.2 Å². The second-order valence-electron chi connectivity index (χ2n) is 7.40. The van der Waals surface area contributed by atoms with Crippen LogP contribution in [-0.2, 0) is 11.2 Å². The summed E-state index contributed by atoms with van der Waals surface area (Å²) in [5.74, 6) is -0.344. The summed E-state index contributed by atoms with van der Waals surface area (Å²) < 4.78 is 0. The fourth-order valence-electron chi connectivity index (χ4n) is 3.02. The van der Waals surface area contributed by atoms with Crippen molar-refractivity contribution in [1.82, 2.24) is 30.8 Å². The molecule has 5 N–H and O–H groups in total. The summed E-state index contributed by atoms with van der Waals surface area (Å²) in [7, 11) is 0. The highest BCUT2D eigenvalue weighted by atomic mass is 16.2. The number of carbonyl (C=O) groups excluding carboxylic acids is 2. The van der Waals surface area contributed by atoms with Crippen molar-refractivity contribution < 1.29 is 9.59 Å². The minimum absolute atomic E-state index is 0.0540. The van der Waals surface area contributed by atoms with E-state index in [-0.39, 0.29) is 30.2 Å². The number of hydrazine groups is 2. The summed E-state index contributed by atoms with van der Waals surface area (Å²) in [5.41, 5.74) is 13.5. The van der Waals surface area contributed by atoms with Crippen LogP contribution < -0.4 is 27.0 Å². The summed E-state index contributed by atoms with van der Waals surface area (Å²) in [6.07, 6.45) is 3.21. The van der Waals surface area contributed by atoms with E-state index < -0.39 is 5.91 Å². The molecule has 0 aliphatic carbocycles. The van der Waals surface area contributed by atoms with Crippen LogP contribution in [0.3, 0.4) is 0 Å². The molecule has 2 amide bonds. The van der Waals surface area contributed by atoms with Crippen LogP contribution in [0.15, 0.2) is 79.1 Å². The van der Waals surface area contributed by atoms with E-state index >= 15 is 0 Å². The Morgan fingerprint density at radius 2 is 1.37 bits per heavy atom. The molecule has 4 aromatic rings. The molecule has 0 unspecified atom stereocenters. The molecule has 0 aliphatic heterocycles. The van der Waals surface area contributed by atoms with E-state index in [1.165, 1.54) is 12.4 Å². The monoisotopic (exact) mass is 469 g/mol. The van der Waals surface area contributed by atoms with Gasteiger partial charge in [0, 0.05) is 23.6 Å². The number of rotatable bonds is 9. The first-order valence-corrected chi connectivity index (χ1v) is 10.7. The number of amides is 2. The van der Waals surface area contributed by atoms with Gasteiger partial charge in [0.2, 0.25) is 23.8 Å². The van der Waals surface area contributed by atoms with Crippen LogP contribution in [0.25, 0.3) is 0 Å². The molecule has 176 valence electrons. The van der Waals surface area contributed by atoms with E-state index in [0.29, 0.717) is 5.56 Å². The van der Waals surface area contributed by atoms with Crippen molar-refractivity contribution in [2.75, 3.05) is 16.2 Å². The van der Waals surface area contributed by atoms with E-state index in [0.717, 1.165) is 16.8 Å². The van der Waals surface area contributed by atoms with Gasteiger partial charge in [0.05, 0.1) is 6.42 Å². The van der Waals surface area contributed by atoms with Crippen molar-refractivity contribution >= 4 is 35.3 Å². The Kier molecular flexibility index (Phi) is 7.39. The summed E-state index contributed by atoms with van der Waals surface area (Å²) >= 11 is 0. The van der Waals surface area contributed by atoms with Crippen LogP contribution in [0.1, 0.15) is 21.5 Å². The standard InChI is InChI=1S/C24H23N9O2/c1-16-7-5-6-10-19(16)26-22-27-23(32-30-20(34)15-17-8-3-2-4-9-17)29-24(28-22)33-31-21(35)18-11-13-25-14-12-18/h2-14H,15H2,1H3,(H,30,34)(H,31,35)(H3,26,27,28,29,32,33). The third-order valence-electron chi connectivity index (χ3n) is 4.78. The maximum Gasteiger partial charge on any atom is 0.269 e. The number of nitrogens with zero attached hydrogens (tertiary/aromatic N) is 4. The minimum atomic E-state index is -0.396. The zero-order valence-electron chi connectivity index (χ0n) is 18.8. The molecular formula is C24H23N9O2. The molecule has 4 rings (SSSR count). The molecular weight excluding hydrogens is 446 g/mol.